The fourth-order valence-corrected chi connectivity index (χ4v) is 2.45. The highest BCUT2D eigenvalue weighted by atomic mass is 127. The molecule has 0 bridgehead atoms. The molecule has 106 valence electrons. The number of carbonyl (C=O) groups is 1. The van der Waals surface area contributed by atoms with E-state index in [9.17, 15) is 9.18 Å². The Bertz CT molecular complexity index is 458. The highest BCUT2D eigenvalue weighted by molar-refractivity contribution is 14.1. The summed E-state index contributed by atoms with van der Waals surface area (Å²) >= 11 is 1.91. The first-order valence-electron chi connectivity index (χ1n) is 6.04. The molecule has 2 unspecified atom stereocenters. The molecule has 2 rings (SSSR count). The van der Waals surface area contributed by atoms with Crippen LogP contribution in [0.2, 0.25) is 0 Å². The van der Waals surface area contributed by atoms with Gasteiger partial charge in [0.15, 0.2) is 0 Å². The Labute approximate surface area is 132 Å². The third-order valence-electron chi connectivity index (χ3n) is 3.28. The minimum atomic E-state index is -0.346. The molecule has 2 N–H and O–H groups in total. The Kier molecular flexibility index (Phi) is 6.49. The van der Waals surface area contributed by atoms with Crippen molar-refractivity contribution in [3.05, 3.63) is 33.1 Å². The zero-order chi connectivity index (χ0) is 13.1. The summed E-state index contributed by atoms with van der Waals surface area (Å²) in [5, 5.41) is 6.27. The lowest BCUT2D eigenvalue weighted by Gasteiger charge is -2.30. The van der Waals surface area contributed by atoms with E-state index in [4.69, 9.17) is 0 Å². The summed E-state index contributed by atoms with van der Waals surface area (Å²) in [5.41, 5.74) is 0.388. The van der Waals surface area contributed by atoms with Crippen molar-refractivity contribution < 1.29 is 9.18 Å². The van der Waals surface area contributed by atoms with E-state index in [1.54, 1.807) is 12.1 Å². The van der Waals surface area contributed by atoms with Crippen LogP contribution in [0.5, 0.6) is 0 Å². The van der Waals surface area contributed by atoms with Gasteiger partial charge in [0.25, 0.3) is 5.91 Å². The van der Waals surface area contributed by atoms with Crippen molar-refractivity contribution in [3.63, 3.8) is 0 Å². The van der Waals surface area contributed by atoms with Crippen molar-refractivity contribution in [1.82, 2.24) is 10.6 Å². The van der Waals surface area contributed by atoms with Gasteiger partial charge in [-0.3, -0.25) is 4.79 Å². The van der Waals surface area contributed by atoms with Crippen LogP contribution in [0.1, 0.15) is 23.7 Å². The van der Waals surface area contributed by atoms with Crippen molar-refractivity contribution in [2.45, 2.75) is 19.4 Å². The van der Waals surface area contributed by atoms with Gasteiger partial charge in [0.2, 0.25) is 0 Å². The van der Waals surface area contributed by atoms with Gasteiger partial charge >= 0.3 is 0 Å². The highest BCUT2D eigenvalue weighted by Gasteiger charge is 2.23. The van der Waals surface area contributed by atoms with E-state index in [0.29, 0.717) is 15.1 Å². The van der Waals surface area contributed by atoms with E-state index < -0.39 is 0 Å². The van der Waals surface area contributed by atoms with E-state index in [0.717, 1.165) is 19.5 Å². The van der Waals surface area contributed by atoms with Gasteiger partial charge in [0.05, 0.1) is 0 Å². The quantitative estimate of drug-likeness (QED) is 0.752. The lowest BCUT2D eigenvalue weighted by molar-refractivity contribution is 0.0913. The molecule has 0 spiro atoms. The fraction of sp³-hybridized carbons (Fsp3) is 0.462. The molecule has 6 heteroatoms. The Morgan fingerprint density at radius 1 is 1.53 bits per heavy atom. The van der Waals surface area contributed by atoms with Crippen LogP contribution in [0.25, 0.3) is 0 Å². The largest absolute Gasteiger partial charge is 0.349 e. The number of hydrogen-bond acceptors (Lipinski definition) is 2. The molecular formula is C13H17ClFIN2O. The smallest absolute Gasteiger partial charge is 0.251 e. The maximum atomic E-state index is 13.4. The number of nitrogens with one attached hydrogen (secondary N) is 2. The van der Waals surface area contributed by atoms with E-state index in [2.05, 4.69) is 17.6 Å². The molecular weight excluding hydrogens is 382 g/mol. The van der Waals surface area contributed by atoms with Gasteiger partial charge in [0.1, 0.15) is 5.82 Å². The number of amides is 1. The number of halogens is 3. The molecule has 1 fully saturated rings. The number of carbonyl (C=O) groups excluding carboxylic acids is 1. The Morgan fingerprint density at radius 2 is 2.26 bits per heavy atom. The molecule has 0 aromatic heterocycles. The second-order valence-corrected chi connectivity index (χ2v) is 5.84. The van der Waals surface area contributed by atoms with Gasteiger partial charge in [0, 0.05) is 15.2 Å². The molecule has 0 aliphatic carbocycles. The molecule has 1 aliphatic heterocycles. The summed E-state index contributed by atoms with van der Waals surface area (Å²) in [6.07, 6.45) is 0.916. The Hall–Kier alpha value is -0.400. The second-order valence-electron chi connectivity index (χ2n) is 4.68. The first-order valence-corrected chi connectivity index (χ1v) is 7.12. The minimum Gasteiger partial charge on any atom is -0.349 e. The van der Waals surface area contributed by atoms with Gasteiger partial charge < -0.3 is 10.6 Å². The first kappa shape index (κ1) is 16.7. The van der Waals surface area contributed by atoms with Crippen LogP contribution >= 0.6 is 35.0 Å². The fourth-order valence-electron chi connectivity index (χ4n) is 2.12. The zero-order valence-electron chi connectivity index (χ0n) is 10.6. The lowest BCUT2D eigenvalue weighted by atomic mass is 9.95. The van der Waals surface area contributed by atoms with Crippen LogP contribution in [0, 0.1) is 15.3 Å². The van der Waals surface area contributed by atoms with Crippen molar-refractivity contribution >= 4 is 40.9 Å². The Morgan fingerprint density at radius 3 is 2.89 bits per heavy atom. The van der Waals surface area contributed by atoms with Crippen LogP contribution < -0.4 is 10.6 Å². The second kappa shape index (κ2) is 7.40. The summed E-state index contributed by atoms with van der Waals surface area (Å²) in [4.78, 5) is 12.0. The molecule has 0 saturated carbocycles. The van der Waals surface area contributed by atoms with Crippen LogP contribution in [0.3, 0.4) is 0 Å². The maximum absolute atomic E-state index is 13.4. The zero-order valence-corrected chi connectivity index (χ0v) is 13.6. The summed E-state index contributed by atoms with van der Waals surface area (Å²) in [5.74, 6) is -0.137. The topological polar surface area (TPSA) is 41.1 Å². The Balaban J connectivity index is 0.00000180. The van der Waals surface area contributed by atoms with Crippen LogP contribution in [-0.4, -0.2) is 25.0 Å². The summed E-state index contributed by atoms with van der Waals surface area (Å²) < 4.78 is 13.9. The number of rotatable bonds is 2. The first-order chi connectivity index (χ1) is 8.58. The average molecular weight is 399 g/mol. The maximum Gasteiger partial charge on any atom is 0.251 e. The van der Waals surface area contributed by atoms with E-state index in [-0.39, 0.29) is 30.2 Å². The summed E-state index contributed by atoms with van der Waals surface area (Å²) in [7, 11) is 0. The molecule has 1 amide bonds. The van der Waals surface area contributed by atoms with E-state index in [1.165, 1.54) is 6.07 Å². The van der Waals surface area contributed by atoms with Gasteiger partial charge in [-0.25, -0.2) is 4.39 Å². The average Bonchev–Trinajstić information content (AvgIpc) is 2.35. The molecule has 1 saturated heterocycles. The van der Waals surface area contributed by atoms with E-state index >= 15 is 0 Å². The predicted molar refractivity (Wildman–Crippen MR) is 84.3 cm³/mol. The lowest BCUT2D eigenvalue weighted by Crippen LogP contribution is -2.48. The van der Waals surface area contributed by atoms with Gasteiger partial charge in [-0.2, -0.15) is 0 Å². The van der Waals surface area contributed by atoms with Crippen LogP contribution in [0.4, 0.5) is 4.39 Å². The third-order valence-corrected chi connectivity index (χ3v) is 4.16. The van der Waals surface area contributed by atoms with Crippen molar-refractivity contribution in [2.24, 2.45) is 5.92 Å². The molecule has 1 aliphatic rings. The molecule has 1 heterocycles. The van der Waals surface area contributed by atoms with Crippen molar-refractivity contribution in [3.8, 4) is 0 Å². The predicted octanol–water partition coefficient (Wildman–Crippen LogP) is 2.58. The summed E-state index contributed by atoms with van der Waals surface area (Å²) in [6.45, 7) is 3.92. The van der Waals surface area contributed by atoms with Gasteiger partial charge in [-0.05, 0) is 66.2 Å². The van der Waals surface area contributed by atoms with Crippen LogP contribution in [-0.2, 0) is 0 Å². The SMILES string of the molecule is CC1CNCCC1NC(=O)c1ccc(I)c(F)c1.Cl. The molecule has 1 aromatic rings. The monoisotopic (exact) mass is 398 g/mol. The van der Waals surface area contributed by atoms with Crippen molar-refractivity contribution in [2.75, 3.05) is 13.1 Å². The molecule has 3 nitrogen and oxygen atoms in total. The van der Waals surface area contributed by atoms with Gasteiger partial charge in [-0.15, -0.1) is 12.4 Å². The number of hydrogen-bond donors (Lipinski definition) is 2. The standard InChI is InChI=1S/C13H16FIN2O.ClH/c1-8-7-16-5-4-12(8)17-13(18)9-2-3-11(15)10(14)6-9;/h2-3,6,8,12,16H,4-5,7H2,1H3,(H,17,18);1H. The number of piperidine rings is 1. The van der Waals surface area contributed by atoms with Gasteiger partial charge in [-0.1, -0.05) is 6.92 Å². The molecule has 2 atom stereocenters. The highest BCUT2D eigenvalue weighted by Crippen LogP contribution is 2.14. The molecule has 0 radical (unpaired) electrons. The third kappa shape index (κ3) is 4.29. The molecule has 1 aromatic carbocycles. The molecule has 19 heavy (non-hydrogen) atoms. The van der Waals surface area contributed by atoms with Crippen molar-refractivity contribution in [1.29, 1.82) is 0 Å². The van der Waals surface area contributed by atoms with Crippen LogP contribution in [0.15, 0.2) is 18.2 Å². The minimum absolute atomic E-state index is 0. The van der Waals surface area contributed by atoms with E-state index in [1.807, 2.05) is 22.6 Å². The number of benzene rings is 1. The summed E-state index contributed by atoms with van der Waals surface area (Å²) in [6, 6.07) is 4.74. The normalized spacial score (nSPS) is 22.5.